The Morgan fingerprint density at radius 3 is 2.39 bits per heavy atom. The molecule has 1 atom stereocenters. The summed E-state index contributed by atoms with van der Waals surface area (Å²) in [5.74, 6) is -0.632. The lowest BCUT2D eigenvalue weighted by molar-refractivity contribution is -0.122. The second-order valence-corrected chi connectivity index (χ2v) is 7.02. The van der Waals surface area contributed by atoms with E-state index in [1.54, 1.807) is 6.07 Å². The SMILES string of the molecule is CC(Oc1cccc(F)c1)C(=O)Nc1ccc(S(C)(=O)=O)cc1. The number of sulfone groups is 1. The van der Waals surface area contributed by atoms with Gasteiger partial charge in [0.15, 0.2) is 15.9 Å². The summed E-state index contributed by atoms with van der Waals surface area (Å²) < 4.78 is 41.2. The predicted octanol–water partition coefficient (Wildman–Crippen LogP) is 2.64. The average Bonchev–Trinajstić information content (AvgIpc) is 2.46. The van der Waals surface area contributed by atoms with Crippen LogP contribution in [0.15, 0.2) is 53.4 Å². The van der Waals surface area contributed by atoms with Gasteiger partial charge in [0.05, 0.1) is 4.90 Å². The Hall–Kier alpha value is -2.41. The number of anilines is 1. The molecule has 0 aliphatic heterocycles. The van der Waals surface area contributed by atoms with Crippen molar-refractivity contribution >= 4 is 21.4 Å². The predicted molar refractivity (Wildman–Crippen MR) is 84.7 cm³/mol. The van der Waals surface area contributed by atoms with Crippen molar-refractivity contribution in [3.8, 4) is 5.75 Å². The monoisotopic (exact) mass is 337 g/mol. The fourth-order valence-corrected chi connectivity index (χ4v) is 2.46. The van der Waals surface area contributed by atoms with Crippen LogP contribution in [0.1, 0.15) is 6.92 Å². The van der Waals surface area contributed by atoms with E-state index in [1.807, 2.05) is 0 Å². The third-order valence-corrected chi connectivity index (χ3v) is 4.16. The Labute approximate surface area is 134 Å². The Morgan fingerprint density at radius 1 is 1.17 bits per heavy atom. The van der Waals surface area contributed by atoms with E-state index in [0.29, 0.717) is 5.69 Å². The molecule has 0 saturated heterocycles. The fraction of sp³-hybridized carbons (Fsp3) is 0.188. The normalized spacial score (nSPS) is 12.5. The highest BCUT2D eigenvalue weighted by molar-refractivity contribution is 7.90. The zero-order chi connectivity index (χ0) is 17.0. The van der Waals surface area contributed by atoms with Gasteiger partial charge in [-0.1, -0.05) is 6.07 Å². The third-order valence-electron chi connectivity index (χ3n) is 3.03. The minimum atomic E-state index is -3.28. The van der Waals surface area contributed by atoms with Crippen LogP contribution in [-0.4, -0.2) is 26.7 Å². The first-order valence-corrected chi connectivity index (χ1v) is 8.68. The summed E-state index contributed by atoms with van der Waals surface area (Å²) >= 11 is 0. The standard InChI is InChI=1S/C16H16FNO4S/c1-11(22-14-5-3-4-12(17)10-14)16(19)18-13-6-8-15(9-7-13)23(2,20)21/h3-11H,1-2H3,(H,18,19). The van der Waals surface area contributed by atoms with Gasteiger partial charge in [-0.25, -0.2) is 12.8 Å². The molecule has 0 spiro atoms. The van der Waals surface area contributed by atoms with E-state index >= 15 is 0 Å². The summed E-state index contributed by atoms with van der Waals surface area (Å²) in [5, 5.41) is 2.60. The molecular weight excluding hydrogens is 321 g/mol. The van der Waals surface area contributed by atoms with Crippen molar-refractivity contribution < 1.29 is 22.3 Å². The number of ether oxygens (including phenoxy) is 1. The number of carbonyl (C=O) groups excluding carboxylic acids is 1. The molecule has 1 amide bonds. The van der Waals surface area contributed by atoms with E-state index in [-0.39, 0.29) is 10.6 Å². The molecule has 0 fully saturated rings. The van der Waals surface area contributed by atoms with Crippen molar-refractivity contribution in [3.05, 3.63) is 54.3 Å². The van der Waals surface area contributed by atoms with E-state index in [1.165, 1.54) is 49.4 Å². The molecule has 2 rings (SSSR count). The number of hydrogen-bond acceptors (Lipinski definition) is 4. The minimum absolute atomic E-state index is 0.166. The van der Waals surface area contributed by atoms with Crippen LogP contribution < -0.4 is 10.1 Å². The largest absolute Gasteiger partial charge is 0.481 e. The molecule has 0 saturated carbocycles. The summed E-state index contributed by atoms with van der Waals surface area (Å²) in [4.78, 5) is 12.2. The van der Waals surface area contributed by atoms with Crippen LogP contribution in [0.25, 0.3) is 0 Å². The number of nitrogens with one attached hydrogen (secondary N) is 1. The van der Waals surface area contributed by atoms with E-state index in [4.69, 9.17) is 4.74 Å². The molecule has 5 nitrogen and oxygen atoms in total. The van der Waals surface area contributed by atoms with Crippen LogP contribution >= 0.6 is 0 Å². The van der Waals surface area contributed by atoms with Gasteiger partial charge in [0.1, 0.15) is 11.6 Å². The first-order valence-electron chi connectivity index (χ1n) is 6.79. The van der Waals surface area contributed by atoms with E-state index < -0.39 is 27.7 Å². The molecule has 7 heteroatoms. The lowest BCUT2D eigenvalue weighted by Gasteiger charge is -2.15. The number of carbonyl (C=O) groups is 1. The van der Waals surface area contributed by atoms with E-state index in [0.717, 1.165) is 6.26 Å². The fourth-order valence-electron chi connectivity index (χ4n) is 1.83. The molecule has 0 radical (unpaired) electrons. The van der Waals surface area contributed by atoms with Crippen LogP contribution in [0.4, 0.5) is 10.1 Å². The number of hydrogen-bond donors (Lipinski definition) is 1. The topological polar surface area (TPSA) is 72.5 Å². The molecule has 23 heavy (non-hydrogen) atoms. The Bertz CT molecular complexity index is 803. The first kappa shape index (κ1) is 17.0. The highest BCUT2D eigenvalue weighted by Crippen LogP contribution is 2.16. The molecule has 2 aromatic carbocycles. The molecule has 1 unspecified atom stereocenters. The summed E-state index contributed by atoms with van der Waals surface area (Å²) in [6, 6.07) is 11.3. The van der Waals surface area contributed by atoms with Gasteiger partial charge >= 0.3 is 0 Å². The van der Waals surface area contributed by atoms with Crippen molar-refractivity contribution in [2.45, 2.75) is 17.9 Å². The maximum Gasteiger partial charge on any atom is 0.265 e. The van der Waals surface area contributed by atoms with E-state index in [9.17, 15) is 17.6 Å². The van der Waals surface area contributed by atoms with Crippen LogP contribution in [0.5, 0.6) is 5.75 Å². The van der Waals surface area contributed by atoms with Gasteiger partial charge in [-0.05, 0) is 43.3 Å². The number of amides is 1. The van der Waals surface area contributed by atoms with Crippen molar-refractivity contribution in [2.75, 3.05) is 11.6 Å². The lowest BCUT2D eigenvalue weighted by Crippen LogP contribution is -2.30. The Morgan fingerprint density at radius 2 is 1.83 bits per heavy atom. The summed E-state index contributed by atoms with van der Waals surface area (Å²) in [6.07, 6.45) is 0.265. The average molecular weight is 337 g/mol. The van der Waals surface area contributed by atoms with Gasteiger partial charge in [-0.15, -0.1) is 0 Å². The van der Waals surface area contributed by atoms with Gasteiger partial charge in [-0.2, -0.15) is 0 Å². The second kappa shape index (κ2) is 6.78. The van der Waals surface area contributed by atoms with Crippen LogP contribution in [0.2, 0.25) is 0 Å². The summed E-state index contributed by atoms with van der Waals surface area (Å²) in [6.45, 7) is 1.53. The van der Waals surface area contributed by atoms with Gasteiger partial charge < -0.3 is 10.1 Å². The van der Waals surface area contributed by atoms with Gasteiger partial charge in [0.25, 0.3) is 5.91 Å². The highest BCUT2D eigenvalue weighted by atomic mass is 32.2. The molecule has 0 aliphatic rings. The van der Waals surface area contributed by atoms with Crippen molar-refractivity contribution in [1.29, 1.82) is 0 Å². The zero-order valence-corrected chi connectivity index (χ0v) is 13.4. The zero-order valence-electron chi connectivity index (χ0n) is 12.6. The minimum Gasteiger partial charge on any atom is -0.481 e. The third kappa shape index (κ3) is 4.79. The van der Waals surface area contributed by atoms with Crippen LogP contribution in [0.3, 0.4) is 0 Å². The lowest BCUT2D eigenvalue weighted by atomic mass is 10.3. The summed E-state index contributed by atoms with van der Waals surface area (Å²) in [5.41, 5.74) is 0.442. The Balaban J connectivity index is 2.01. The quantitative estimate of drug-likeness (QED) is 0.910. The number of halogens is 1. The molecule has 122 valence electrons. The molecular formula is C16H16FNO4S. The first-order chi connectivity index (χ1) is 10.8. The maximum absolute atomic E-state index is 13.1. The highest BCUT2D eigenvalue weighted by Gasteiger charge is 2.15. The molecule has 0 aliphatic carbocycles. The van der Waals surface area contributed by atoms with Crippen molar-refractivity contribution in [3.63, 3.8) is 0 Å². The molecule has 1 N–H and O–H groups in total. The van der Waals surface area contributed by atoms with Crippen LogP contribution in [0, 0.1) is 5.82 Å². The van der Waals surface area contributed by atoms with Crippen LogP contribution in [-0.2, 0) is 14.6 Å². The maximum atomic E-state index is 13.1. The molecule has 2 aromatic rings. The molecule has 0 aromatic heterocycles. The smallest absolute Gasteiger partial charge is 0.265 e. The second-order valence-electron chi connectivity index (χ2n) is 5.00. The summed E-state index contributed by atoms with van der Waals surface area (Å²) in [7, 11) is -3.28. The van der Waals surface area contributed by atoms with Gasteiger partial charge in [0.2, 0.25) is 0 Å². The van der Waals surface area contributed by atoms with Gasteiger partial charge in [0, 0.05) is 18.0 Å². The Kier molecular flexibility index (Phi) is 5.00. The number of benzene rings is 2. The molecule has 0 bridgehead atoms. The van der Waals surface area contributed by atoms with E-state index in [2.05, 4.69) is 5.32 Å². The number of rotatable bonds is 5. The van der Waals surface area contributed by atoms with Gasteiger partial charge in [-0.3, -0.25) is 4.79 Å². The molecule has 0 heterocycles. The van der Waals surface area contributed by atoms with Crippen molar-refractivity contribution in [1.82, 2.24) is 0 Å². The van der Waals surface area contributed by atoms with Crippen molar-refractivity contribution in [2.24, 2.45) is 0 Å².